The Balaban J connectivity index is 1.60. The van der Waals surface area contributed by atoms with E-state index >= 15 is 0 Å². The van der Waals surface area contributed by atoms with Gasteiger partial charge in [0.1, 0.15) is 0 Å². The number of fused-ring (bicyclic) bond motifs is 1. The largest absolute Gasteiger partial charge is 0.381 e. The van der Waals surface area contributed by atoms with E-state index in [4.69, 9.17) is 4.74 Å². The molecule has 1 aromatic rings. The highest BCUT2D eigenvalue weighted by Gasteiger charge is 2.23. The Hall–Kier alpha value is -0.860. The van der Waals surface area contributed by atoms with Crippen molar-refractivity contribution < 1.29 is 4.74 Å². The monoisotopic (exact) mass is 245 g/mol. The molecule has 0 amide bonds. The van der Waals surface area contributed by atoms with Gasteiger partial charge >= 0.3 is 0 Å². The van der Waals surface area contributed by atoms with Crippen LogP contribution in [0, 0.1) is 12.8 Å². The van der Waals surface area contributed by atoms with Crippen LogP contribution in [0.2, 0.25) is 0 Å². The van der Waals surface area contributed by atoms with Gasteiger partial charge in [-0.3, -0.25) is 0 Å². The Labute approximate surface area is 110 Å². The van der Waals surface area contributed by atoms with Crippen LogP contribution >= 0.6 is 0 Å². The van der Waals surface area contributed by atoms with Crippen molar-refractivity contribution in [1.82, 2.24) is 5.32 Å². The zero-order chi connectivity index (χ0) is 12.4. The molecule has 1 aromatic carbocycles. The van der Waals surface area contributed by atoms with Crippen LogP contribution in [0.1, 0.15) is 42.0 Å². The van der Waals surface area contributed by atoms with Crippen LogP contribution in [-0.4, -0.2) is 19.8 Å². The van der Waals surface area contributed by atoms with Crippen molar-refractivity contribution in [2.75, 3.05) is 19.8 Å². The Bertz CT molecular complexity index is 410. The van der Waals surface area contributed by atoms with Crippen LogP contribution < -0.4 is 5.32 Å². The van der Waals surface area contributed by atoms with Gasteiger partial charge < -0.3 is 10.1 Å². The number of hydrogen-bond acceptors (Lipinski definition) is 2. The maximum absolute atomic E-state index is 5.55. The summed E-state index contributed by atoms with van der Waals surface area (Å²) in [5, 5.41) is 3.75. The van der Waals surface area contributed by atoms with Gasteiger partial charge in [-0.2, -0.15) is 0 Å². The lowest BCUT2D eigenvalue weighted by Gasteiger charge is -2.24. The fourth-order valence-electron chi connectivity index (χ4n) is 3.21. The van der Waals surface area contributed by atoms with E-state index in [2.05, 4.69) is 30.4 Å². The molecular formula is C16H23NO. The van der Waals surface area contributed by atoms with Gasteiger partial charge in [-0.25, -0.2) is 0 Å². The predicted octanol–water partition coefficient (Wildman–Crippen LogP) is 3.00. The van der Waals surface area contributed by atoms with E-state index in [1.807, 2.05) is 0 Å². The van der Waals surface area contributed by atoms with Gasteiger partial charge in [0, 0.05) is 19.2 Å². The topological polar surface area (TPSA) is 21.3 Å². The Morgan fingerprint density at radius 3 is 3.11 bits per heavy atom. The minimum Gasteiger partial charge on any atom is -0.381 e. The highest BCUT2D eigenvalue weighted by Crippen LogP contribution is 2.32. The number of benzene rings is 1. The molecule has 2 aliphatic rings. The molecule has 0 saturated carbocycles. The Morgan fingerprint density at radius 1 is 1.33 bits per heavy atom. The van der Waals surface area contributed by atoms with Crippen molar-refractivity contribution in [3.05, 3.63) is 34.9 Å². The van der Waals surface area contributed by atoms with Crippen molar-refractivity contribution >= 4 is 0 Å². The van der Waals surface area contributed by atoms with Crippen LogP contribution in [0.4, 0.5) is 0 Å². The molecule has 1 N–H and O–H groups in total. The molecule has 0 spiro atoms. The van der Waals surface area contributed by atoms with Gasteiger partial charge in [0.15, 0.2) is 0 Å². The summed E-state index contributed by atoms with van der Waals surface area (Å²) in [7, 11) is 0. The van der Waals surface area contributed by atoms with Crippen LogP contribution in [0.15, 0.2) is 18.2 Å². The lowest BCUT2D eigenvalue weighted by Crippen LogP contribution is -2.31. The van der Waals surface area contributed by atoms with Gasteiger partial charge in [-0.1, -0.05) is 23.8 Å². The summed E-state index contributed by atoms with van der Waals surface area (Å²) >= 11 is 0. The third-order valence-corrected chi connectivity index (χ3v) is 4.29. The standard InChI is InChI=1S/C16H23NO/c1-12-4-5-14-6-7-16(15(14)9-12)17-10-13-3-2-8-18-11-13/h4-5,9,13,16-17H,2-3,6-8,10-11H2,1H3. The van der Waals surface area contributed by atoms with Gasteiger partial charge in [-0.15, -0.1) is 0 Å². The second kappa shape index (κ2) is 5.41. The van der Waals surface area contributed by atoms with Crippen LogP contribution in [0.5, 0.6) is 0 Å². The van der Waals surface area contributed by atoms with Crippen molar-refractivity contribution in [1.29, 1.82) is 0 Å². The van der Waals surface area contributed by atoms with Crippen molar-refractivity contribution in [3.8, 4) is 0 Å². The quantitative estimate of drug-likeness (QED) is 0.884. The van der Waals surface area contributed by atoms with E-state index in [9.17, 15) is 0 Å². The first-order valence-corrected chi connectivity index (χ1v) is 7.23. The molecular weight excluding hydrogens is 222 g/mol. The normalized spacial score (nSPS) is 27.2. The fourth-order valence-corrected chi connectivity index (χ4v) is 3.21. The summed E-state index contributed by atoms with van der Waals surface area (Å²) in [5.74, 6) is 0.715. The number of rotatable bonds is 3. The van der Waals surface area contributed by atoms with Crippen molar-refractivity contribution in [2.45, 2.75) is 38.6 Å². The minimum atomic E-state index is 0.571. The molecule has 0 bridgehead atoms. The average Bonchev–Trinajstić information content (AvgIpc) is 2.80. The Kier molecular flexibility index (Phi) is 3.67. The summed E-state index contributed by atoms with van der Waals surface area (Å²) in [6.45, 7) is 5.20. The Morgan fingerprint density at radius 2 is 2.28 bits per heavy atom. The van der Waals surface area contributed by atoms with E-state index in [1.165, 1.54) is 42.4 Å². The first-order valence-electron chi connectivity index (χ1n) is 7.23. The number of aryl methyl sites for hydroxylation is 2. The summed E-state index contributed by atoms with van der Waals surface area (Å²) in [6, 6.07) is 7.46. The first-order chi connectivity index (χ1) is 8.83. The zero-order valence-corrected chi connectivity index (χ0v) is 11.2. The molecule has 0 radical (unpaired) electrons. The molecule has 3 rings (SSSR count). The van der Waals surface area contributed by atoms with Crippen LogP contribution in [0.25, 0.3) is 0 Å². The molecule has 1 fully saturated rings. The smallest absolute Gasteiger partial charge is 0.0506 e. The second-order valence-corrected chi connectivity index (χ2v) is 5.78. The predicted molar refractivity (Wildman–Crippen MR) is 73.8 cm³/mol. The fraction of sp³-hybridized carbons (Fsp3) is 0.625. The third kappa shape index (κ3) is 2.60. The second-order valence-electron chi connectivity index (χ2n) is 5.78. The summed E-state index contributed by atoms with van der Waals surface area (Å²) in [4.78, 5) is 0. The van der Waals surface area contributed by atoms with Crippen LogP contribution in [0.3, 0.4) is 0 Å². The average molecular weight is 245 g/mol. The highest BCUT2D eigenvalue weighted by atomic mass is 16.5. The number of hydrogen-bond donors (Lipinski definition) is 1. The molecule has 18 heavy (non-hydrogen) atoms. The van der Waals surface area contributed by atoms with Gasteiger partial charge in [0.2, 0.25) is 0 Å². The lowest BCUT2D eigenvalue weighted by atomic mass is 10.0. The molecule has 1 heterocycles. The zero-order valence-electron chi connectivity index (χ0n) is 11.2. The van der Waals surface area contributed by atoms with E-state index in [1.54, 1.807) is 0 Å². The van der Waals surface area contributed by atoms with Gasteiger partial charge in [-0.05, 0) is 49.7 Å². The summed E-state index contributed by atoms with van der Waals surface area (Å²) < 4.78 is 5.55. The summed E-state index contributed by atoms with van der Waals surface area (Å²) in [6.07, 6.45) is 5.04. The number of nitrogens with one attached hydrogen (secondary N) is 1. The highest BCUT2D eigenvalue weighted by molar-refractivity contribution is 5.37. The SMILES string of the molecule is Cc1ccc2c(c1)C(NCC1CCCOC1)CC2. The molecule has 1 saturated heterocycles. The van der Waals surface area contributed by atoms with E-state index in [0.29, 0.717) is 12.0 Å². The third-order valence-electron chi connectivity index (χ3n) is 4.29. The van der Waals surface area contributed by atoms with Crippen molar-refractivity contribution in [2.24, 2.45) is 5.92 Å². The molecule has 0 aromatic heterocycles. The first kappa shape index (κ1) is 12.2. The van der Waals surface area contributed by atoms with Crippen LogP contribution in [-0.2, 0) is 11.2 Å². The lowest BCUT2D eigenvalue weighted by molar-refractivity contribution is 0.0538. The van der Waals surface area contributed by atoms with Gasteiger partial charge in [0.05, 0.1) is 6.61 Å². The molecule has 2 heteroatoms. The number of ether oxygens (including phenoxy) is 1. The summed E-state index contributed by atoms with van der Waals surface area (Å²) in [5.41, 5.74) is 4.45. The van der Waals surface area contributed by atoms with E-state index < -0.39 is 0 Å². The molecule has 1 aliphatic heterocycles. The molecule has 2 atom stereocenters. The molecule has 98 valence electrons. The maximum Gasteiger partial charge on any atom is 0.0506 e. The van der Waals surface area contributed by atoms with E-state index in [0.717, 1.165) is 19.8 Å². The maximum atomic E-state index is 5.55. The minimum absolute atomic E-state index is 0.571. The molecule has 2 nitrogen and oxygen atoms in total. The molecule has 2 unspecified atom stereocenters. The van der Waals surface area contributed by atoms with E-state index in [-0.39, 0.29) is 0 Å². The van der Waals surface area contributed by atoms with Gasteiger partial charge in [0.25, 0.3) is 0 Å². The molecule has 1 aliphatic carbocycles. The van der Waals surface area contributed by atoms with Crippen molar-refractivity contribution in [3.63, 3.8) is 0 Å².